The fourth-order valence-electron chi connectivity index (χ4n) is 3.27. The van der Waals surface area contributed by atoms with Gasteiger partial charge >= 0.3 is 0 Å². The Balaban J connectivity index is 1.26. The van der Waals surface area contributed by atoms with Crippen LogP contribution in [0.4, 0.5) is 0 Å². The zero-order valence-corrected chi connectivity index (χ0v) is 16.1. The summed E-state index contributed by atoms with van der Waals surface area (Å²) < 4.78 is 12.2. The van der Waals surface area contributed by atoms with Crippen molar-refractivity contribution in [3.8, 4) is 11.5 Å². The number of ether oxygens (including phenoxy) is 2. The van der Waals surface area contributed by atoms with Gasteiger partial charge in [-0.15, -0.1) is 11.3 Å². The van der Waals surface area contributed by atoms with Crippen molar-refractivity contribution in [3.05, 3.63) is 53.0 Å². The number of nitrogens with zero attached hydrogens (tertiary/aromatic N) is 1. The normalized spacial score (nSPS) is 15.8. The molecule has 2 aromatic carbocycles. The molecule has 6 heteroatoms. The molecule has 3 aromatic rings. The lowest BCUT2D eigenvalue weighted by Gasteiger charge is -2.25. The average molecular weight is 382 g/mol. The summed E-state index contributed by atoms with van der Waals surface area (Å²) in [6.45, 7) is 1.06. The molecule has 2 heterocycles. The lowest BCUT2D eigenvalue weighted by Crippen LogP contribution is -2.37. The predicted molar refractivity (Wildman–Crippen MR) is 107 cm³/mol. The van der Waals surface area contributed by atoms with Crippen molar-refractivity contribution in [2.75, 3.05) is 20.3 Å². The van der Waals surface area contributed by atoms with Crippen LogP contribution in [0.3, 0.4) is 0 Å². The number of hydrogen-bond donors (Lipinski definition) is 1. The molecule has 0 radical (unpaired) electrons. The van der Waals surface area contributed by atoms with Gasteiger partial charge in [-0.3, -0.25) is 4.79 Å². The van der Waals surface area contributed by atoms with E-state index >= 15 is 0 Å². The Labute approximate surface area is 162 Å². The SMILES string of the molecule is COc1ccc2c(c1)OCC(C(=O)NCCCc1nc3ccccc3s1)C2. The first kappa shape index (κ1) is 17.8. The van der Waals surface area contributed by atoms with E-state index in [9.17, 15) is 4.79 Å². The minimum atomic E-state index is -0.145. The third kappa shape index (κ3) is 4.06. The molecule has 0 saturated carbocycles. The fraction of sp³-hybridized carbons (Fsp3) is 0.333. The topological polar surface area (TPSA) is 60.5 Å². The Morgan fingerprint density at radius 3 is 3.07 bits per heavy atom. The maximum atomic E-state index is 12.5. The van der Waals surface area contributed by atoms with E-state index in [1.807, 2.05) is 36.4 Å². The summed E-state index contributed by atoms with van der Waals surface area (Å²) in [5.74, 6) is 1.50. The van der Waals surface area contributed by atoms with Crippen molar-refractivity contribution in [2.45, 2.75) is 19.3 Å². The van der Waals surface area contributed by atoms with Crippen molar-refractivity contribution in [2.24, 2.45) is 5.92 Å². The van der Waals surface area contributed by atoms with Crippen molar-refractivity contribution in [3.63, 3.8) is 0 Å². The van der Waals surface area contributed by atoms with Gasteiger partial charge in [-0.25, -0.2) is 4.98 Å². The molecule has 4 rings (SSSR count). The van der Waals surface area contributed by atoms with E-state index in [0.717, 1.165) is 40.4 Å². The zero-order valence-electron chi connectivity index (χ0n) is 15.2. The van der Waals surface area contributed by atoms with E-state index in [2.05, 4.69) is 16.4 Å². The van der Waals surface area contributed by atoms with Gasteiger partial charge in [0, 0.05) is 19.0 Å². The second-order valence-electron chi connectivity index (χ2n) is 6.66. The summed E-state index contributed by atoms with van der Waals surface area (Å²) in [5.41, 5.74) is 2.10. The predicted octanol–water partition coefficient (Wildman–Crippen LogP) is 3.61. The molecule has 1 N–H and O–H groups in total. The average Bonchev–Trinajstić information content (AvgIpc) is 3.13. The highest BCUT2D eigenvalue weighted by atomic mass is 32.1. The van der Waals surface area contributed by atoms with Gasteiger partial charge in [0.15, 0.2) is 0 Å². The highest BCUT2D eigenvalue weighted by molar-refractivity contribution is 7.18. The molecule has 0 spiro atoms. The van der Waals surface area contributed by atoms with Crippen molar-refractivity contribution in [1.29, 1.82) is 0 Å². The number of aryl methyl sites for hydroxylation is 1. The van der Waals surface area contributed by atoms with Crippen LogP contribution in [0.15, 0.2) is 42.5 Å². The second-order valence-corrected chi connectivity index (χ2v) is 7.77. The van der Waals surface area contributed by atoms with Gasteiger partial charge in [-0.05, 0) is 36.6 Å². The molecular formula is C21H22N2O3S. The van der Waals surface area contributed by atoms with Crippen molar-refractivity contribution < 1.29 is 14.3 Å². The number of carbonyl (C=O) groups excluding carboxylic acids is 1. The number of para-hydroxylation sites is 1. The molecule has 27 heavy (non-hydrogen) atoms. The fourth-order valence-corrected chi connectivity index (χ4v) is 4.28. The van der Waals surface area contributed by atoms with Gasteiger partial charge in [-0.1, -0.05) is 18.2 Å². The van der Waals surface area contributed by atoms with Crippen LogP contribution in [0.1, 0.15) is 17.0 Å². The number of hydrogen-bond acceptors (Lipinski definition) is 5. The minimum absolute atomic E-state index is 0.0563. The molecule has 1 aliphatic heterocycles. The van der Waals surface area contributed by atoms with Crippen LogP contribution in [0.2, 0.25) is 0 Å². The molecule has 1 aromatic heterocycles. The van der Waals surface area contributed by atoms with Gasteiger partial charge in [0.1, 0.15) is 18.1 Å². The Kier molecular flexibility index (Phi) is 5.25. The maximum absolute atomic E-state index is 12.5. The Morgan fingerprint density at radius 1 is 1.33 bits per heavy atom. The molecule has 1 unspecified atom stereocenters. The highest BCUT2D eigenvalue weighted by Crippen LogP contribution is 2.31. The largest absolute Gasteiger partial charge is 0.497 e. The van der Waals surface area contributed by atoms with Gasteiger partial charge in [0.05, 0.1) is 28.3 Å². The van der Waals surface area contributed by atoms with Gasteiger partial charge in [-0.2, -0.15) is 0 Å². The number of benzene rings is 2. The van der Waals surface area contributed by atoms with E-state index in [-0.39, 0.29) is 11.8 Å². The smallest absolute Gasteiger partial charge is 0.226 e. The molecule has 0 aliphatic carbocycles. The first-order valence-electron chi connectivity index (χ1n) is 9.15. The quantitative estimate of drug-likeness (QED) is 0.662. The number of nitrogens with one attached hydrogen (secondary N) is 1. The number of thiazole rings is 1. The number of fused-ring (bicyclic) bond motifs is 2. The second kappa shape index (κ2) is 7.96. The third-order valence-corrected chi connectivity index (χ3v) is 5.85. The lowest BCUT2D eigenvalue weighted by atomic mass is 9.96. The molecule has 0 saturated heterocycles. The van der Waals surface area contributed by atoms with Crippen LogP contribution in [-0.4, -0.2) is 31.2 Å². The van der Waals surface area contributed by atoms with E-state index in [0.29, 0.717) is 19.6 Å². The molecule has 140 valence electrons. The van der Waals surface area contributed by atoms with Gasteiger partial charge in [0.2, 0.25) is 5.91 Å². The summed E-state index contributed by atoms with van der Waals surface area (Å²) in [6, 6.07) is 13.9. The minimum Gasteiger partial charge on any atom is -0.497 e. The molecule has 1 aliphatic rings. The molecule has 1 amide bonds. The summed E-state index contributed by atoms with van der Waals surface area (Å²) >= 11 is 1.73. The van der Waals surface area contributed by atoms with Crippen molar-refractivity contribution >= 4 is 27.5 Å². The number of methoxy groups -OCH3 is 1. The summed E-state index contributed by atoms with van der Waals surface area (Å²) in [6.07, 6.45) is 2.46. The molecule has 1 atom stereocenters. The monoisotopic (exact) mass is 382 g/mol. The number of carbonyl (C=O) groups is 1. The molecule has 5 nitrogen and oxygen atoms in total. The summed E-state index contributed by atoms with van der Waals surface area (Å²) in [4.78, 5) is 17.1. The van der Waals surface area contributed by atoms with Crippen LogP contribution >= 0.6 is 11.3 Å². The molecular weight excluding hydrogens is 360 g/mol. The number of rotatable bonds is 6. The molecule has 0 fully saturated rings. The van der Waals surface area contributed by atoms with Crippen LogP contribution in [-0.2, 0) is 17.6 Å². The lowest BCUT2D eigenvalue weighted by molar-refractivity contribution is -0.126. The zero-order chi connectivity index (χ0) is 18.6. The van der Waals surface area contributed by atoms with Gasteiger partial charge < -0.3 is 14.8 Å². The maximum Gasteiger partial charge on any atom is 0.226 e. The summed E-state index contributed by atoms with van der Waals surface area (Å²) in [7, 11) is 1.63. The highest BCUT2D eigenvalue weighted by Gasteiger charge is 2.26. The number of amides is 1. The standard InChI is InChI=1S/C21H22N2O3S/c1-25-16-9-8-14-11-15(13-26-18(14)12-16)21(24)22-10-4-7-20-23-17-5-2-3-6-19(17)27-20/h2-3,5-6,8-9,12,15H,4,7,10-11,13H2,1H3,(H,22,24). The first-order chi connectivity index (χ1) is 13.2. The van der Waals surface area contributed by atoms with E-state index in [4.69, 9.17) is 9.47 Å². The Morgan fingerprint density at radius 2 is 2.22 bits per heavy atom. The number of aromatic nitrogens is 1. The first-order valence-corrected chi connectivity index (χ1v) is 9.96. The van der Waals surface area contributed by atoms with Crippen LogP contribution < -0.4 is 14.8 Å². The Bertz CT molecular complexity index is 921. The summed E-state index contributed by atoms with van der Waals surface area (Å²) in [5, 5.41) is 4.16. The van der Waals surface area contributed by atoms with Gasteiger partial charge in [0.25, 0.3) is 0 Å². The van der Waals surface area contributed by atoms with E-state index < -0.39 is 0 Å². The van der Waals surface area contributed by atoms with Crippen LogP contribution in [0.25, 0.3) is 10.2 Å². The third-order valence-electron chi connectivity index (χ3n) is 4.76. The van der Waals surface area contributed by atoms with E-state index in [1.54, 1.807) is 18.4 Å². The van der Waals surface area contributed by atoms with E-state index in [1.165, 1.54) is 4.70 Å². The van der Waals surface area contributed by atoms with Crippen molar-refractivity contribution in [1.82, 2.24) is 10.3 Å². The Hall–Kier alpha value is -2.60. The van der Waals surface area contributed by atoms with Crippen LogP contribution in [0, 0.1) is 5.92 Å². The van der Waals surface area contributed by atoms with Crippen LogP contribution in [0.5, 0.6) is 11.5 Å². The molecule has 0 bridgehead atoms.